The molecule has 4 rings (SSSR count). The molecule has 1 aromatic carbocycles. The van der Waals surface area contributed by atoms with Gasteiger partial charge < -0.3 is 5.32 Å². The average molecular weight is 492 g/mol. The number of benzene rings is 1. The Labute approximate surface area is 201 Å². The van der Waals surface area contributed by atoms with Gasteiger partial charge in [0, 0.05) is 41.6 Å². The number of carbonyl (C=O) groups excluding carboxylic acids is 1. The quantitative estimate of drug-likeness (QED) is 0.400. The van der Waals surface area contributed by atoms with Gasteiger partial charge >= 0.3 is 0 Å². The van der Waals surface area contributed by atoms with E-state index in [1.807, 2.05) is 0 Å². The summed E-state index contributed by atoms with van der Waals surface area (Å²) in [5, 5.41) is 6.99. The van der Waals surface area contributed by atoms with Crippen LogP contribution >= 0.6 is 0 Å². The van der Waals surface area contributed by atoms with E-state index in [-0.39, 0.29) is 10.8 Å². The summed E-state index contributed by atoms with van der Waals surface area (Å²) in [5.74, 6) is -0.531. The van der Waals surface area contributed by atoms with Gasteiger partial charge in [-0.05, 0) is 62.4 Å². The summed E-state index contributed by atoms with van der Waals surface area (Å²) in [5.41, 5.74) is 1.81. The fourth-order valence-corrected chi connectivity index (χ4v) is 4.08. The molecule has 178 valence electrons. The summed E-state index contributed by atoms with van der Waals surface area (Å²) in [6, 6.07) is 12.7. The molecule has 0 aliphatic carbocycles. The highest BCUT2D eigenvalue weighted by Crippen LogP contribution is 2.18. The number of hydrogen-bond acceptors (Lipinski definition) is 8. The van der Waals surface area contributed by atoms with E-state index in [4.69, 9.17) is 0 Å². The van der Waals surface area contributed by atoms with E-state index in [0.29, 0.717) is 17.1 Å². The number of sulfonamides is 1. The van der Waals surface area contributed by atoms with Gasteiger partial charge in [0.1, 0.15) is 6.04 Å². The van der Waals surface area contributed by atoms with Gasteiger partial charge in [0.2, 0.25) is 11.9 Å². The SMILES string of the molecule is Cc1ccnc(NS(=O)(=O)c2ccc(NC(=O)C(C)n3nc(-c4ccncc4)ccc3=O)cc2)n1. The first kappa shape index (κ1) is 23.7. The van der Waals surface area contributed by atoms with Crippen molar-refractivity contribution in [2.24, 2.45) is 0 Å². The minimum atomic E-state index is -3.92. The van der Waals surface area contributed by atoms with E-state index in [2.05, 4.69) is 30.1 Å². The summed E-state index contributed by atoms with van der Waals surface area (Å²) in [6.07, 6.45) is 4.67. The normalized spacial score (nSPS) is 12.1. The van der Waals surface area contributed by atoms with Gasteiger partial charge in [-0.3, -0.25) is 14.6 Å². The van der Waals surface area contributed by atoms with E-state index in [0.717, 1.165) is 10.2 Å². The van der Waals surface area contributed by atoms with Crippen LogP contribution in [0.3, 0.4) is 0 Å². The van der Waals surface area contributed by atoms with Crippen LogP contribution < -0.4 is 15.6 Å². The summed E-state index contributed by atoms with van der Waals surface area (Å²) in [6.45, 7) is 3.27. The maximum atomic E-state index is 12.8. The lowest BCUT2D eigenvalue weighted by molar-refractivity contribution is -0.119. The topological polar surface area (TPSA) is 149 Å². The highest BCUT2D eigenvalue weighted by Gasteiger charge is 2.20. The molecule has 3 aromatic heterocycles. The third-order valence-electron chi connectivity index (χ3n) is 5.00. The Morgan fingerprint density at radius 2 is 1.69 bits per heavy atom. The number of carbonyl (C=O) groups is 1. The second-order valence-corrected chi connectivity index (χ2v) is 9.24. The average Bonchev–Trinajstić information content (AvgIpc) is 2.84. The van der Waals surface area contributed by atoms with Crippen molar-refractivity contribution in [1.82, 2.24) is 24.7 Å². The molecule has 0 radical (unpaired) electrons. The van der Waals surface area contributed by atoms with Crippen molar-refractivity contribution in [3.8, 4) is 11.3 Å². The maximum absolute atomic E-state index is 12.8. The number of hydrogen-bond donors (Lipinski definition) is 2. The van der Waals surface area contributed by atoms with Crippen LogP contribution in [-0.4, -0.2) is 39.1 Å². The molecule has 0 saturated carbocycles. The minimum Gasteiger partial charge on any atom is -0.324 e. The van der Waals surface area contributed by atoms with Crippen molar-refractivity contribution in [2.45, 2.75) is 24.8 Å². The maximum Gasteiger partial charge on any atom is 0.267 e. The number of aryl methyl sites for hydroxylation is 1. The van der Waals surface area contributed by atoms with Gasteiger partial charge in [0.05, 0.1) is 10.6 Å². The molecule has 1 atom stereocenters. The second kappa shape index (κ2) is 9.81. The van der Waals surface area contributed by atoms with Crippen LogP contribution in [0.25, 0.3) is 11.3 Å². The summed E-state index contributed by atoms with van der Waals surface area (Å²) < 4.78 is 28.6. The van der Waals surface area contributed by atoms with Crippen LogP contribution in [0.15, 0.2) is 82.9 Å². The fraction of sp³-hybridized carbons (Fsp3) is 0.130. The Kier molecular flexibility index (Phi) is 6.64. The molecule has 1 amide bonds. The molecule has 4 aromatic rings. The van der Waals surface area contributed by atoms with Crippen molar-refractivity contribution in [3.05, 3.63) is 89.2 Å². The van der Waals surface area contributed by atoms with E-state index in [9.17, 15) is 18.0 Å². The Bertz CT molecular complexity index is 1520. The van der Waals surface area contributed by atoms with E-state index < -0.39 is 27.5 Å². The standard InChI is InChI=1S/C23H21N7O4S/c1-15-9-14-25-23(26-15)29-35(33,34)19-5-3-18(4-6-19)27-22(32)16(2)30-21(31)8-7-20(28-30)17-10-12-24-13-11-17/h3-14,16H,1-2H3,(H,27,32)(H,25,26,29). The van der Waals surface area contributed by atoms with E-state index in [1.54, 1.807) is 50.5 Å². The number of nitrogens with one attached hydrogen (secondary N) is 2. The molecule has 12 heteroatoms. The van der Waals surface area contributed by atoms with Crippen molar-refractivity contribution in [3.63, 3.8) is 0 Å². The fourth-order valence-electron chi connectivity index (χ4n) is 3.13. The zero-order valence-corrected chi connectivity index (χ0v) is 19.6. The van der Waals surface area contributed by atoms with Crippen LogP contribution in [0.5, 0.6) is 0 Å². The predicted molar refractivity (Wildman–Crippen MR) is 129 cm³/mol. The van der Waals surface area contributed by atoms with Gasteiger partial charge in [-0.25, -0.2) is 27.8 Å². The number of anilines is 2. The molecular weight excluding hydrogens is 470 g/mol. The Morgan fingerprint density at radius 3 is 2.37 bits per heavy atom. The lowest BCUT2D eigenvalue weighted by Gasteiger charge is -2.15. The van der Waals surface area contributed by atoms with Gasteiger partial charge in [-0.15, -0.1) is 0 Å². The first-order chi connectivity index (χ1) is 16.7. The van der Waals surface area contributed by atoms with E-state index >= 15 is 0 Å². The van der Waals surface area contributed by atoms with Crippen molar-refractivity contribution >= 4 is 27.6 Å². The van der Waals surface area contributed by atoms with Crippen LogP contribution in [0.1, 0.15) is 18.7 Å². The zero-order valence-electron chi connectivity index (χ0n) is 18.8. The Morgan fingerprint density at radius 1 is 0.971 bits per heavy atom. The van der Waals surface area contributed by atoms with Crippen LogP contribution in [-0.2, 0) is 14.8 Å². The number of amides is 1. The molecule has 11 nitrogen and oxygen atoms in total. The third-order valence-corrected chi connectivity index (χ3v) is 6.34. The first-order valence-electron chi connectivity index (χ1n) is 10.5. The molecule has 0 bridgehead atoms. The smallest absolute Gasteiger partial charge is 0.267 e. The molecule has 0 aliphatic rings. The van der Waals surface area contributed by atoms with Crippen molar-refractivity contribution in [2.75, 3.05) is 10.0 Å². The molecule has 3 heterocycles. The Hall–Kier alpha value is -4.45. The monoisotopic (exact) mass is 491 g/mol. The van der Waals surface area contributed by atoms with Gasteiger partial charge in [-0.1, -0.05) is 0 Å². The second-order valence-electron chi connectivity index (χ2n) is 7.55. The van der Waals surface area contributed by atoms with Gasteiger partial charge in [0.25, 0.3) is 15.6 Å². The van der Waals surface area contributed by atoms with Crippen LogP contribution in [0.2, 0.25) is 0 Å². The highest BCUT2D eigenvalue weighted by molar-refractivity contribution is 7.92. The number of pyridine rings is 1. The molecule has 35 heavy (non-hydrogen) atoms. The Balaban J connectivity index is 1.48. The molecule has 0 saturated heterocycles. The van der Waals surface area contributed by atoms with Crippen molar-refractivity contribution in [1.29, 1.82) is 0 Å². The molecule has 0 fully saturated rings. The first-order valence-corrected chi connectivity index (χ1v) is 11.9. The van der Waals surface area contributed by atoms with Crippen LogP contribution in [0, 0.1) is 6.92 Å². The highest BCUT2D eigenvalue weighted by atomic mass is 32.2. The predicted octanol–water partition coefficient (Wildman–Crippen LogP) is 2.40. The third kappa shape index (κ3) is 5.55. The van der Waals surface area contributed by atoms with Gasteiger partial charge in [0.15, 0.2) is 0 Å². The minimum absolute atomic E-state index is 0.0309. The number of rotatable bonds is 7. The lowest BCUT2D eigenvalue weighted by Crippen LogP contribution is -2.33. The summed E-state index contributed by atoms with van der Waals surface area (Å²) in [4.78, 5) is 37.0. The number of aromatic nitrogens is 5. The van der Waals surface area contributed by atoms with Crippen LogP contribution in [0.4, 0.5) is 11.6 Å². The van der Waals surface area contributed by atoms with Gasteiger partial charge in [-0.2, -0.15) is 5.10 Å². The summed E-state index contributed by atoms with van der Waals surface area (Å²) >= 11 is 0. The summed E-state index contributed by atoms with van der Waals surface area (Å²) in [7, 11) is -3.92. The van der Waals surface area contributed by atoms with E-state index in [1.165, 1.54) is 36.5 Å². The molecule has 0 aliphatic heterocycles. The number of nitrogens with zero attached hydrogens (tertiary/aromatic N) is 5. The molecular formula is C23H21N7O4S. The lowest BCUT2D eigenvalue weighted by atomic mass is 10.2. The molecule has 1 unspecified atom stereocenters. The molecule has 2 N–H and O–H groups in total. The zero-order chi connectivity index (χ0) is 25.0. The van der Waals surface area contributed by atoms with Crippen molar-refractivity contribution < 1.29 is 13.2 Å². The molecule has 0 spiro atoms. The largest absolute Gasteiger partial charge is 0.324 e.